The summed E-state index contributed by atoms with van der Waals surface area (Å²) >= 11 is 1.03. The summed E-state index contributed by atoms with van der Waals surface area (Å²) in [6.07, 6.45) is 0. The zero-order chi connectivity index (χ0) is 10.8. The molecule has 0 amide bonds. The van der Waals surface area contributed by atoms with E-state index in [2.05, 4.69) is 0 Å². The minimum Gasteiger partial charge on any atom is -0.505 e. The Morgan fingerprint density at radius 3 is 2.40 bits per heavy atom. The van der Waals surface area contributed by atoms with Gasteiger partial charge in [0.05, 0.1) is 0 Å². The summed E-state index contributed by atoms with van der Waals surface area (Å²) in [5.41, 5.74) is 1.39. The van der Waals surface area contributed by atoms with Crippen LogP contribution >= 0.6 is 11.3 Å². The third-order valence-corrected chi connectivity index (χ3v) is 3.00. The third kappa shape index (κ3) is 1.71. The summed E-state index contributed by atoms with van der Waals surface area (Å²) < 4.78 is 0. The smallest absolute Gasteiger partial charge is 0.349 e. The Morgan fingerprint density at radius 2 is 1.87 bits per heavy atom. The number of hydrogen-bond donors (Lipinski definition) is 2. The van der Waals surface area contributed by atoms with Crippen molar-refractivity contribution in [1.29, 1.82) is 0 Å². The van der Waals surface area contributed by atoms with Crippen LogP contribution in [-0.4, -0.2) is 16.2 Å². The first-order valence-electron chi connectivity index (χ1n) is 4.29. The largest absolute Gasteiger partial charge is 0.505 e. The van der Waals surface area contributed by atoms with Gasteiger partial charge in [0.15, 0.2) is 4.88 Å². The average molecular weight is 220 g/mol. The first-order chi connectivity index (χ1) is 7.20. The minimum absolute atomic E-state index is 0.0196. The van der Waals surface area contributed by atoms with E-state index in [0.717, 1.165) is 16.9 Å². The summed E-state index contributed by atoms with van der Waals surface area (Å²) in [5.74, 6) is -1.25. The van der Waals surface area contributed by atoms with Gasteiger partial charge in [0.1, 0.15) is 5.75 Å². The lowest BCUT2D eigenvalue weighted by Crippen LogP contribution is -1.91. The number of carboxylic acids is 1. The summed E-state index contributed by atoms with van der Waals surface area (Å²) in [7, 11) is 0. The molecular weight excluding hydrogens is 212 g/mol. The number of carbonyl (C=O) groups is 1. The molecule has 0 saturated carbocycles. The molecule has 0 unspecified atom stereocenters. The van der Waals surface area contributed by atoms with Gasteiger partial charge in [0.2, 0.25) is 0 Å². The molecule has 1 heterocycles. The summed E-state index contributed by atoms with van der Waals surface area (Å²) in [5, 5.41) is 20.1. The van der Waals surface area contributed by atoms with E-state index in [9.17, 15) is 9.90 Å². The first-order valence-corrected chi connectivity index (χ1v) is 5.17. The van der Waals surface area contributed by atoms with Gasteiger partial charge in [-0.25, -0.2) is 4.79 Å². The summed E-state index contributed by atoms with van der Waals surface area (Å²) in [6, 6.07) is 9.20. The quantitative estimate of drug-likeness (QED) is 0.818. The number of aromatic carboxylic acids is 1. The van der Waals surface area contributed by atoms with Crippen LogP contribution in [0.1, 0.15) is 9.67 Å². The molecule has 0 bridgehead atoms. The van der Waals surface area contributed by atoms with E-state index in [4.69, 9.17) is 5.11 Å². The van der Waals surface area contributed by atoms with E-state index >= 15 is 0 Å². The van der Waals surface area contributed by atoms with Crippen molar-refractivity contribution < 1.29 is 15.0 Å². The molecule has 15 heavy (non-hydrogen) atoms. The lowest BCUT2D eigenvalue weighted by Gasteiger charge is -1.98. The standard InChI is InChI=1S/C11H8O3S/c12-9-8(6-15-10(9)11(13)14)7-4-2-1-3-5-7/h1-6,12H,(H,13,14). The lowest BCUT2D eigenvalue weighted by atomic mass is 10.1. The van der Waals surface area contributed by atoms with Crippen molar-refractivity contribution in [2.75, 3.05) is 0 Å². The van der Waals surface area contributed by atoms with Gasteiger partial charge in [-0.05, 0) is 5.56 Å². The van der Waals surface area contributed by atoms with Gasteiger partial charge in [-0.15, -0.1) is 11.3 Å². The molecule has 0 fully saturated rings. The Kier molecular flexibility index (Phi) is 2.43. The highest BCUT2D eigenvalue weighted by Crippen LogP contribution is 2.36. The van der Waals surface area contributed by atoms with Crippen molar-refractivity contribution in [3.63, 3.8) is 0 Å². The van der Waals surface area contributed by atoms with Crippen molar-refractivity contribution >= 4 is 17.3 Å². The fourth-order valence-corrected chi connectivity index (χ4v) is 2.13. The van der Waals surface area contributed by atoms with Gasteiger partial charge in [-0.2, -0.15) is 0 Å². The van der Waals surface area contributed by atoms with Gasteiger partial charge in [0.25, 0.3) is 0 Å². The molecule has 3 nitrogen and oxygen atoms in total. The number of rotatable bonds is 2. The fraction of sp³-hybridized carbons (Fsp3) is 0. The molecule has 2 rings (SSSR count). The molecule has 1 aromatic heterocycles. The summed E-state index contributed by atoms with van der Waals surface area (Å²) in [4.78, 5) is 10.7. The number of aromatic hydroxyl groups is 1. The zero-order valence-electron chi connectivity index (χ0n) is 7.68. The topological polar surface area (TPSA) is 57.5 Å². The molecule has 0 spiro atoms. The molecule has 0 radical (unpaired) electrons. The van der Waals surface area contributed by atoms with Crippen LogP contribution in [0.25, 0.3) is 11.1 Å². The highest BCUT2D eigenvalue weighted by Gasteiger charge is 2.16. The van der Waals surface area contributed by atoms with Crippen molar-refractivity contribution in [1.82, 2.24) is 0 Å². The first kappa shape index (κ1) is 9.73. The van der Waals surface area contributed by atoms with Crippen molar-refractivity contribution in [3.05, 3.63) is 40.6 Å². The van der Waals surface area contributed by atoms with Crippen LogP contribution in [0.15, 0.2) is 35.7 Å². The van der Waals surface area contributed by atoms with Crippen LogP contribution in [-0.2, 0) is 0 Å². The van der Waals surface area contributed by atoms with Crippen LogP contribution in [0.3, 0.4) is 0 Å². The minimum atomic E-state index is -1.10. The third-order valence-electron chi connectivity index (χ3n) is 2.04. The van der Waals surface area contributed by atoms with Crippen molar-refractivity contribution in [2.24, 2.45) is 0 Å². The Bertz CT molecular complexity index is 488. The SMILES string of the molecule is O=C(O)c1scc(-c2ccccc2)c1O. The number of hydrogen-bond acceptors (Lipinski definition) is 3. The highest BCUT2D eigenvalue weighted by atomic mass is 32.1. The maximum absolute atomic E-state index is 10.7. The second-order valence-electron chi connectivity index (χ2n) is 3.00. The van der Waals surface area contributed by atoms with E-state index in [-0.39, 0.29) is 10.6 Å². The molecule has 0 saturated heterocycles. The Hall–Kier alpha value is -1.81. The second-order valence-corrected chi connectivity index (χ2v) is 3.88. The highest BCUT2D eigenvalue weighted by molar-refractivity contribution is 7.12. The van der Waals surface area contributed by atoms with Crippen LogP contribution in [0.4, 0.5) is 0 Å². The molecule has 0 atom stereocenters. The van der Waals surface area contributed by atoms with Gasteiger partial charge in [-0.3, -0.25) is 0 Å². The lowest BCUT2D eigenvalue weighted by molar-refractivity contribution is 0.0699. The summed E-state index contributed by atoms with van der Waals surface area (Å²) in [6.45, 7) is 0. The van der Waals surface area contributed by atoms with Crippen LogP contribution < -0.4 is 0 Å². The predicted octanol–water partition coefficient (Wildman–Crippen LogP) is 2.82. The Balaban J connectivity index is 2.52. The Morgan fingerprint density at radius 1 is 1.20 bits per heavy atom. The molecule has 0 aliphatic heterocycles. The molecule has 2 N–H and O–H groups in total. The van der Waals surface area contributed by atoms with E-state index in [0.29, 0.717) is 5.56 Å². The fourth-order valence-electron chi connectivity index (χ4n) is 1.33. The Labute approximate surface area is 90.2 Å². The van der Waals surface area contributed by atoms with Crippen molar-refractivity contribution in [2.45, 2.75) is 0 Å². The molecule has 2 aromatic rings. The molecule has 4 heteroatoms. The van der Waals surface area contributed by atoms with E-state index in [1.807, 2.05) is 30.3 Å². The maximum Gasteiger partial charge on any atom is 0.349 e. The van der Waals surface area contributed by atoms with Crippen molar-refractivity contribution in [3.8, 4) is 16.9 Å². The van der Waals surface area contributed by atoms with Gasteiger partial charge in [0, 0.05) is 10.9 Å². The maximum atomic E-state index is 10.7. The zero-order valence-corrected chi connectivity index (χ0v) is 8.49. The van der Waals surface area contributed by atoms with Crippen LogP contribution in [0.2, 0.25) is 0 Å². The van der Waals surface area contributed by atoms with Gasteiger partial charge >= 0.3 is 5.97 Å². The normalized spacial score (nSPS) is 10.1. The second kappa shape index (κ2) is 3.74. The molecule has 1 aromatic carbocycles. The average Bonchev–Trinajstić information content (AvgIpc) is 2.61. The predicted molar refractivity (Wildman–Crippen MR) is 58.4 cm³/mol. The van der Waals surface area contributed by atoms with Gasteiger partial charge < -0.3 is 10.2 Å². The number of carboxylic acid groups (broad SMARTS) is 1. The van der Waals surface area contributed by atoms with Gasteiger partial charge in [-0.1, -0.05) is 30.3 Å². The van der Waals surface area contributed by atoms with E-state index in [1.165, 1.54) is 0 Å². The molecule has 0 aliphatic rings. The van der Waals surface area contributed by atoms with E-state index in [1.54, 1.807) is 5.38 Å². The monoisotopic (exact) mass is 220 g/mol. The molecular formula is C11H8O3S. The van der Waals surface area contributed by atoms with Crippen LogP contribution in [0, 0.1) is 0 Å². The number of benzene rings is 1. The molecule has 76 valence electrons. The van der Waals surface area contributed by atoms with Crippen LogP contribution in [0.5, 0.6) is 5.75 Å². The molecule has 0 aliphatic carbocycles. The number of thiophene rings is 1. The van der Waals surface area contributed by atoms with E-state index < -0.39 is 5.97 Å².